The molecule has 1 saturated carbocycles. The van der Waals surface area contributed by atoms with Crippen molar-refractivity contribution in [2.24, 2.45) is 0 Å². The van der Waals surface area contributed by atoms with Gasteiger partial charge in [0, 0.05) is 12.6 Å². The van der Waals surface area contributed by atoms with Crippen molar-refractivity contribution in [3.63, 3.8) is 0 Å². The summed E-state index contributed by atoms with van der Waals surface area (Å²) in [5.41, 5.74) is 2.04. The van der Waals surface area contributed by atoms with Crippen molar-refractivity contribution in [2.75, 3.05) is 17.2 Å². The standard InChI is InChI=1S/C13H16BrFN2/c14-9-6-11-12(7-10(9)15)17-13(8-16-11)4-2-1-3-5-13/h6-7,16-17H,1-5,8H2. The molecule has 0 bridgehead atoms. The largest absolute Gasteiger partial charge is 0.381 e. The Bertz CT molecular complexity index is 441. The SMILES string of the molecule is Fc1cc2c(cc1Br)NCC1(CCCCC1)N2. The molecule has 1 aliphatic carbocycles. The Hall–Kier alpha value is -0.770. The molecular weight excluding hydrogens is 283 g/mol. The Labute approximate surface area is 109 Å². The van der Waals surface area contributed by atoms with Gasteiger partial charge in [-0.2, -0.15) is 0 Å². The summed E-state index contributed by atoms with van der Waals surface area (Å²) in [7, 11) is 0. The van der Waals surface area contributed by atoms with Crippen molar-refractivity contribution >= 4 is 27.3 Å². The van der Waals surface area contributed by atoms with Crippen LogP contribution in [-0.2, 0) is 0 Å². The smallest absolute Gasteiger partial charge is 0.139 e. The van der Waals surface area contributed by atoms with E-state index in [1.54, 1.807) is 6.07 Å². The molecule has 0 atom stereocenters. The fourth-order valence-electron chi connectivity index (χ4n) is 2.92. The van der Waals surface area contributed by atoms with Gasteiger partial charge in [0.1, 0.15) is 5.82 Å². The zero-order valence-corrected chi connectivity index (χ0v) is 11.2. The number of rotatable bonds is 0. The van der Waals surface area contributed by atoms with Crippen molar-refractivity contribution in [1.82, 2.24) is 0 Å². The highest BCUT2D eigenvalue weighted by atomic mass is 79.9. The summed E-state index contributed by atoms with van der Waals surface area (Å²) in [5, 5.41) is 6.99. The second kappa shape index (κ2) is 4.16. The topological polar surface area (TPSA) is 24.1 Å². The van der Waals surface area contributed by atoms with Crippen LogP contribution in [0.4, 0.5) is 15.8 Å². The first kappa shape index (κ1) is 11.3. The van der Waals surface area contributed by atoms with Crippen LogP contribution in [0, 0.1) is 5.82 Å². The van der Waals surface area contributed by atoms with E-state index in [9.17, 15) is 4.39 Å². The van der Waals surface area contributed by atoms with Crippen LogP contribution < -0.4 is 10.6 Å². The van der Waals surface area contributed by atoms with Gasteiger partial charge in [0.25, 0.3) is 0 Å². The molecule has 0 amide bonds. The van der Waals surface area contributed by atoms with Crippen LogP contribution in [0.5, 0.6) is 0 Å². The van der Waals surface area contributed by atoms with Gasteiger partial charge in [0.15, 0.2) is 0 Å². The number of nitrogens with one attached hydrogen (secondary N) is 2. The second-order valence-corrected chi connectivity index (χ2v) is 5.99. The van der Waals surface area contributed by atoms with Crippen LogP contribution in [0.1, 0.15) is 32.1 Å². The van der Waals surface area contributed by atoms with E-state index in [1.807, 2.05) is 6.07 Å². The lowest BCUT2D eigenvalue weighted by molar-refractivity contribution is 0.334. The maximum atomic E-state index is 13.5. The Morgan fingerprint density at radius 3 is 2.65 bits per heavy atom. The zero-order chi connectivity index (χ0) is 11.9. The van der Waals surface area contributed by atoms with Crippen LogP contribution >= 0.6 is 15.9 Å². The van der Waals surface area contributed by atoms with Gasteiger partial charge < -0.3 is 10.6 Å². The van der Waals surface area contributed by atoms with Gasteiger partial charge >= 0.3 is 0 Å². The number of hydrogen-bond donors (Lipinski definition) is 2. The summed E-state index contributed by atoms with van der Waals surface area (Å²) in [6.07, 6.45) is 6.21. The number of fused-ring (bicyclic) bond motifs is 1. The first-order chi connectivity index (χ1) is 8.19. The summed E-state index contributed by atoms with van der Waals surface area (Å²) >= 11 is 3.22. The molecule has 1 aromatic carbocycles. The molecule has 1 aromatic rings. The van der Waals surface area contributed by atoms with Crippen molar-refractivity contribution in [1.29, 1.82) is 0 Å². The lowest BCUT2D eigenvalue weighted by Gasteiger charge is -2.43. The summed E-state index contributed by atoms with van der Waals surface area (Å²) in [5.74, 6) is -0.203. The average molecular weight is 299 g/mol. The minimum Gasteiger partial charge on any atom is -0.381 e. The van der Waals surface area contributed by atoms with Crippen molar-refractivity contribution in [3.05, 3.63) is 22.4 Å². The fraction of sp³-hybridized carbons (Fsp3) is 0.538. The van der Waals surface area contributed by atoms with E-state index in [2.05, 4.69) is 26.6 Å². The maximum Gasteiger partial charge on any atom is 0.139 e. The molecule has 0 saturated heterocycles. The van der Waals surface area contributed by atoms with Gasteiger partial charge in [-0.05, 0) is 34.8 Å². The predicted octanol–water partition coefficient (Wildman–Crippen LogP) is 4.13. The Balaban J connectivity index is 1.91. The van der Waals surface area contributed by atoms with Crippen LogP contribution in [0.2, 0.25) is 0 Å². The summed E-state index contributed by atoms with van der Waals surface area (Å²) in [6.45, 7) is 0.943. The molecule has 92 valence electrons. The van der Waals surface area contributed by atoms with E-state index in [0.29, 0.717) is 4.47 Å². The van der Waals surface area contributed by atoms with Crippen LogP contribution in [-0.4, -0.2) is 12.1 Å². The van der Waals surface area contributed by atoms with E-state index >= 15 is 0 Å². The second-order valence-electron chi connectivity index (χ2n) is 5.13. The first-order valence-electron chi connectivity index (χ1n) is 6.20. The number of anilines is 2. The quantitative estimate of drug-likeness (QED) is 0.752. The lowest BCUT2D eigenvalue weighted by Crippen LogP contribution is -2.49. The molecule has 2 N–H and O–H groups in total. The van der Waals surface area contributed by atoms with Gasteiger partial charge in [-0.3, -0.25) is 0 Å². The van der Waals surface area contributed by atoms with E-state index < -0.39 is 0 Å². The van der Waals surface area contributed by atoms with E-state index in [1.165, 1.54) is 32.1 Å². The van der Waals surface area contributed by atoms with Gasteiger partial charge in [-0.1, -0.05) is 19.3 Å². The Kier molecular flexibility index (Phi) is 2.77. The third-order valence-corrected chi connectivity index (χ3v) is 4.50. The summed E-state index contributed by atoms with van der Waals surface area (Å²) < 4.78 is 14.1. The molecule has 0 radical (unpaired) electrons. The summed E-state index contributed by atoms with van der Waals surface area (Å²) in [4.78, 5) is 0. The highest BCUT2D eigenvalue weighted by Gasteiger charge is 2.35. The van der Waals surface area contributed by atoms with Crippen LogP contribution in [0.15, 0.2) is 16.6 Å². The van der Waals surface area contributed by atoms with Crippen LogP contribution in [0.25, 0.3) is 0 Å². The Morgan fingerprint density at radius 2 is 1.88 bits per heavy atom. The predicted molar refractivity (Wildman–Crippen MR) is 72.0 cm³/mol. The molecule has 2 nitrogen and oxygen atoms in total. The van der Waals surface area contributed by atoms with Crippen molar-refractivity contribution in [3.8, 4) is 0 Å². The molecule has 4 heteroatoms. The van der Waals surface area contributed by atoms with Crippen molar-refractivity contribution in [2.45, 2.75) is 37.6 Å². The first-order valence-corrected chi connectivity index (χ1v) is 6.99. The maximum absolute atomic E-state index is 13.5. The fourth-order valence-corrected chi connectivity index (χ4v) is 3.26. The molecule has 1 heterocycles. The molecule has 17 heavy (non-hydrogen) atoms. The van der Waals surface area contributed by atoms with Gasteiger partial charge in [-0.15, -0.1) is 0 Å². The normalized spacial score (nSPS) is 21.5. The molecule has 1 aliphatic heterocycles. The van der Waals surface area contributed by atoms with Crippen molar-refractivity contribution < 1.29 is 4.39 Å². The molecule has 1 fully saturated rings. The Morgan fingerprint density at radius 1 is 1.12 bits per heavy atom. The third kappa shape index (κ3) is 2.03. The molecule has 0 unspecified atom stereocenters. The average Bonchev–Trinajstić information content (AvgIpc) is 2.33. The van der Waals surface area contributed by atoms with Gasteiger partial charge in [0.2, 0.25) is 0 Å². The minimum atomic E-state index is -0.203. The third-order valence-electron chi connectivity index (χ3n) is 3.89. The number of hydrogen-bond acceptors (Lipinski definition) is 2. The highest BCUT2D eigenvalue weighted by Crippen LogP contribution is 2.39. The number of halogens is 2. The molecule has 3 rings (SSSR count). The minimum absolute atomic E-state index is 0.144. The highest BCUT2D eigenvalue weighted by molar-refractivity contribution is 9.10. The monoisotopic (exact) mass is 298 g/mol. The molecular formula is C13H16BrFN2. The summed E-state index contributed by atoms with van der Waals surface area (Å²) in [6, 6.07) is 3.40. The van der Waals surface area contributed by atoms with Crippen LogP contribution in [0.3, 0.4) is 0 Å². The van der Waals surface area contributed by atoms with E-state index in [-0.39, 0.29) is 11.4 Å². The van der Waals surface area contributed by atoms with E-state index in [0.717, 1.165) is 17.9 Å². The van der Waals surface area contributed by atoms with E-state index in [4.69, 9.17) is 0 Å². The molecule has 2 aliphatic rings. The molecule has 0 aromatic heterocycles. The van der Waals surface area contributed by atoms with Gasteiger partial charge in [0.05, 0.1) is 21.4 Å². The molecule has 1 spiro atoms. The number of benzene rings is 1. The van der Waals surface area contributed by atoms with Gasteiger partial charge in [-0.25, -0.2) is 4.39 Å². The zero-order valence-electron chi connectivity index (χ0n) is 9.65. The lowest BCUT2D eigenvalue weighted by atomic mass is 9.80.